The predicted octanol–water partition coefficient (Wildman–Crippen LogP) is 3.30. The van der Waals surface area contributed by atoms with Crippen molar-refractivity contribution in [2.45, 2.75) is 19.8 Å². The van der Waals surface area contributed by atoms with E-state index in [1.807, 2.05) is 48.5 Å². The summed E-state index contributed by atoms with van der Waals surface area (Å²) >= 11 is 0. The molecule has 0 bridgehead atoms. The van der Waals surface area contributed by atoms with Gasteiger partial charge in [-0.3, -0.25) is 9.78 Å². The summed E-state index contributed by atoms with van der Waals surface area (Å²) in [5.41, 5.74) is 1.82. The van der Waals surface area contributed by atoms with Gasteiger partial charge in [-0.25, -0.2) is 0 Å². The quantitative estimate of drug-likeness (QED) is 0.636. The number of nitrogens with zero attached hydrogens (tertiary/aromatic N) is 2. The number of aromatic nitrogens is 3. The third-order valence-corrected chi connectivity index (χ3v) is 3.89. The molecule has 3 aromatic rings. The number of ether oxygens (including phenoxy) is 2. The maximum atomic E-state index is 12.3. The van der Waals surface area contributed by atoms with Crippen molar-refractivity contribution in [3.8, 4) is 11.5 Å². The van der Waals surface area contributed by atoms with Crippen molar-refractivity contribution in [2.75, 3.05) is 19.0 Å². The molecule has 140 valence electrons. The third-order valence-electron chi connectivity index (χ3n) is 3.89. The van der Waals surface area contributed by atoms with Crippen LogP contribution < -0.4 is 20.3 Å². The molecule has 7 nitrogen and oxygen atoms in total. The second-order valence-electron chi connectivity index (χ2n) is 5.97. The summed E-state index contributed by atoms with van der Waals surface area (Å²) in [6.45, 7) is 2.74. The molecule has 0 amide bonds. The molecule has 0 aliphatic rings. The molecular formula is C20H22N4O3. The Labute approximate surface area is 157 Å². The first-order chi connectivity index (χ1) is 13.2. The van der Waals surface area contributed by atoms with Gasteiger partial charge in [-0.15, -0.1) is 10.2 Å². The monoisotopic (exact) mass is 366 g/mol. The molecule has 2 aromatic carbocycles. The Morgan fingerprint density at radius 3 is 2.33 bits per heavy atom. The molecule has 0 saturated carbocycles. The van der Waals surface area contributed by atoms with Gasteiger partial charge < -0.3 is 14.8 Å². The van der Waals surface area contributed by atoms with Crippen LogP contribution in [0.1, 0.15) is 24.6 Å². The molecule has 0 atom stereocenters. The van der Waals surface area contributed by atoms with E-state index in [0.717, 1.165) is 29.2 Å². The molecule has 0 saturated heterocycles. The molecule has 0 fully saturated rings. The number of benzene rings is 2. The molecule has 27 heavy (non-hydrogen) atoms. The molecular weight excluding hydrogens is 344 g/mol. The van der Waals surface area contributed by atoms with E-state index in [9.17, 15) is 4.79 Å². The average Bonchev–Trinajstić information content (AvgIpc) is 2.70. The number of hydrogen-bond donors (Lipinski definition) is 2. The first kappa shape index (κ1) is 18.4. The van der Waals surface area contributed by atoms with Gasteiger partial charge in [0.15, 0.2) is 0 Å². The zero-order chi connectivity index (χ0) is 19.1. The minimum absolute atomic E-state index is 0.272. The van der Waals surface area contributed by atoms with Crippen LogP contribution in [0.2, 0.25) is 0 Å². The topological polar surface area (TPSA) is 89.1 Å². The van der Waals surface area contributed by atoms with Crippen LogP contribution in [0, 0.1) is 0 Å². The second kappa shape index (κ2) is 8.84. The first-order valence-electron chi connectivity index (χ1n) is 8.76. The Bertz CT molecular complexity index is 921. The van der Waals surface area contributed by atoms with Crippen LogP contribution in [0.3, 0.4) is 0 Å². The highest BCUT2D eigenvalue weighted by Gasteiger charge is 2.07. The number of H-pyrrole nitrogens is 1. The fourth-order valence-corrected chi connectivity index (χ4v) is 2.46. The van der Waals surface area contributed by atoms with Crippen molar-refractivity contribution in [3.63, 3.8) is 0 Å². The van der Waals surface area contributed by atoms with Gasteiger partial charge in [-0.05, 0) is 48.4 Å². The highest BCUT2D eigenvalue weighted by atomic mass is 16.5. The van der Waals surface area contributed by atoms with Crippen LogP contribution >= 0.6 is 0 Å². The van der Waals surface area contributed by atoms with Gasteiger partial charge in [0.2, 0.25) is 5.95 Å². The van der Waals surface area contributed by atoms with E-state index >= 15 is 0 Å². The van der Waals surface area contributed by atoms with E-state index in [1.165, 1.54) is 0 Å². The number of anilines is 2. The minimum atomic E-state index is -0.272. The number of nitrogens with one attached hydrogen (secondary N) is 2. The maximum absolute atomic E-state index is 12.3. The van der Waals surface area contributed by atoms with Crippen LogP contribution in [0.25, 0.3) is 0 Å². The highest BCUT2D eigenvalue weighted by molar-refractivity contribution is 5.54. The largest absolute Gasteiger partial charge is 0.497 e. The Balaban J connectivity index is 1.66. The normalized spacial score (nSPS) is 10.4. The van der Waals surface area contributed by atoms with Crippen molar-refractivity contribution in [3.05, 3.63) is 70.1 Å². The van der Waals surface area contributed by atoms with Crippen LogP contribution in [0.5, 0.6) is 11.5 Å². The van der Waals surface area contributed by atoms with Crippen molar-refractivity contribution < 1.29 is 9.47 Å². The van der Waals surface area contributed by atoms with Crippen LogP contribution in [0.15, 0.2) is 53.3 Å². The molecule has 7 heteroatoms. The maximum Gasteiger partial charge on any atom is 0.274 e. The third kappa shape index (κ3) is 5.07. The van der Waals surface area contributed by atoms with E-state index in [0.29, 0.717) is 24.7 Å². The summed E-state index contributed by atoms with van der Waals surface area (Å²) < 4.78 is 10.7. The fraction of sp³-hybridized carbons (Fsp3) is 0.250. The summed E-state index contributed by atoms with van der Waals surface area (Å²) in [5.74, 6) is 1.86. The van der Waals surface area contributed by atoms with Crippen molar-refractivity contribution in [1.29, 1.82) is 0 Å². The molecule has 0 spiro atoms. The molecule has 0 radical (unpaired) electrons. The van der Waals surface area contributed by atoms with Gasteiger partial charge in [0.25, 0.3) is 5.56 Å². The fourth-order valence-electron chi connectivity index (χ4n) is 2.46. The van der Waals surface area contributed by atoms with Crippen LogP contribution in [-0.2, 0) is 6.42 Å². The molecule has 1 heterocycles. The number of rotatable bonds is 8. The van der Waals surface area contributed by atoms with Crippen LogP contribution in [-0.4, -0.2) is 28.9 Å². The molecule has 0 unspecified atom stereocenters. The Morgan fingerprint density at radius 2 is 1.70 bits per heavy atom. The molecule has 3 rings (SSSR count). The summed E-state index contributed by atoms with van der Waals surface area (Å²) in [6, 6.07) is 14.9. The zero-order valence-corrected chi connectivity index (χ0v) is 15.4. The lowest BCUT2D eigenvalue weighted by Crippen LogP contribution is -2.18. The van der Waals surface area contributed by atoms with Crippen molar-refractivity contribution in [1.82, 2.24) is 15.2 Å². The lowest BCUT2D eigenvalue weighted by molar-refractivity contribution is 0.317. The van der Waals surface area contributed by atoms with E-state index < -0.39 is 0 Å². The molecule has 0 aliphatic carbocycles. The standard InChI is InChI=1S/C20H22N4O3/c1-3-12-27-17-10-6-15(7-11-17)21-20-22-19(25)18(23-24-20)13-14-4-8-16(26-2)9-5-14/h4-11H,3,12-13H2,1-2H3,(H2,21,22,24,25). The average molecular weight is 366 g/mol. The molecule has 1 aromatic heterocycles. The van der Waals surface area contributed by atoms with E-state index in [4.69, 9.17) is 9.47 Å². The first-order valence-corrected chi connectivity index (χ1v) is 8.76. The predicted molar refractivity (Wildman–Crippen MR) is 104 cm³/mol. The van der Waals surface area contributed by atoms with E-state index in [1.54, 1.807) is 7.11 Å². The number of hydrogen-bond acceptors (Lipinski definition) is 6. The van der Waals surface area contributed by atoms with Gasteiger partial charge in [0.05, 0.1) is 13.7 Å². The summed E-state index contributed by atoms with van der Waals surface area (Å²) in [6.07, 6.45) is 1.36. The van der Waals surface area contributed by atoms with E-state index in [-0.39, 0.29) is 5.56 Å². The zero-order valence-electron chi connectivity index (χ0n) is 15.4. The number of aromatic amines is 1. The van der Waals surface area contributed by atoms with Crippen LogP contribution in [0.4, 0.5) is 11.6 Å². The summed E-state index contributed by atoms with van der Waals surface area (Å²) in [7, 11) is 1.61. The van der Waals surface area contributed by atoms with Gasteiger partial charge >= 0.3 is 0 Å². The SMILES string of the molecule is CCCOc1ccc(Nc2nnc(Cc3ccc(OC)cc3)c(=O)[nH]2)cc1. The summed E-state index contributed by atoms with van der Waals surface area (Å²) in [5, 5.41) is 11.2. The van der Waals surface area contributed by atoms with Crippen molar-refractivity contribution >= 4 is 11.6 Å². The molecule has 2 N–H and O–H groups in total. The van der Waals surface area contributed by atoms with E-state index in [2.05, 4.69) is 27.4 Å². The van der Waals surface area contributed by atoms with Gasteiger partial charge in [-0.1, -0.05) is 19.1 Å². The number of methoxy groups -OCH3 is 1. The Hall–Kier alpha value is -3.35. The van der Waals surface area contributed by atoms with Crippen molar-refractivity contribution in [2.24, 2.45) is 0 Å². The van der Waals surface area contributed by atoms with Gasteiger partial charge in [-0.2, -0.15) is 0 Å². The van der Waals surface area contributed by atoms with Gasteiger partial charge in [0.1, 0.15) is 17.2 Å². The summed E-state index contributed by atoms with van der Waals surface area (Å²) in [4.78, 5) is 15.0. The minimum Gasteiger partial charge on any atom is -0.497 e. The van der Waals surface area contributed by atoms with Gasteiger partial charge in [0, 0.05) is 12.1 Å². The Kier molecular flexibility index (Phi) is 6.04. The lowest BCUT2D eigenvalue weighted by atomic mass is 10.1. The smallest absolute Gasteiger partial charge is 0.274 e. The Morgan fingerprint density at radius 1 is 1.00 bits per heavy atom. The second-order valence-corrected chi connectivity index (χ2v) is 5.97. The highest BCUT2D eigenvalue weighted by Crippen LogP contribution is 2.18. The lowest BCUT2D eigenvalue weighted by Gasteiger charge is -2.08. The molecule has 0 aliphatic heterocycles.